The number of hydrogen-bond acceptors (Lipinski definition) is 3. The highest BCUT2D eigenvalue weighted by atomic mass is 16.2. The van der Waals surface area contributed by atoms with E-state index in [2.05, 4.69) is 22.5 Å². The summed E-state index contributed by atoms with van der Waals surface area (Å²) in [5, 5.41) is 14.0. The number of carbonyl (C=O) groups excluding carboxylic acids is 2. The van der Waals surface area contributed by atoms with Gasteiger partial charge in [0, 0.05) is 30.6 Å². The van der Waals surface area contributed by atoms with E-state index in [0.717, 1.165) is 0 Å². The molecule has 0 bridgehead atoms. The third-order valence-corrected chi connectivity index (χ3v) is 2.45. The molecule has 5 heteroatoms. The first-order valence-corrected chi connectivity index (χ1v) is 6.42. The molecule has 0 aliphatic rings. The van der Waals surface area contributed by atoms with E-state index >= 15 is 0 Å². The minimum absolute atomic E-state index is 0.0876. The molecule has 0 aliphatic heterocycles. The molecular formula is C15H18N2O3. The highest BCUT2D eigenvalue weighted by molar-refractivity contribution is 5.94. The molecular weight excluding hydrogens is 256 g/mol. The molecule has 0 aliphatic carbocycles. The molecule has 106 valence electrons. The van der Waals surface area contributed by atoms with Crippen molar-refractivity contribution in [1.29, 1.82) is 0 Å². The van der Waals surface area contributed by atoms with Gasteiger partial charge in [0.15, 0.2) is 0 Å². The second-order valence-electron chi connectivity index (χ2n) is 4.00. The maximum atomic E-state index is 11.9. The number of aliphatic hydroxyl groups is 1. The van der Waals surface area contributed by atoms with Crippen molar-refractivity contribution in [2.45, 2.75) is 13.3 Å². The largest absolute Gasteiger partial charge is 0.384 e. The number of amides is 2. The van der Waals surface area contributed by atoms with Gasteiger partial charge >= 0.3 is 0 Å². The number of rotatable bonds is 5. The van der Waals surface area contributed by atoms with Gasteiger partial charge in [-0.15, -0.1) is 0 Å². The van der Waals surface area contributed by atoms with Gasteiger partial charge in [-0.1, -0.05) is 17.9 Å². The third kappa shape index (κ3) is 5.55. The van der Waals surface area contributed by atoms with Crippen molar-refractivity contribution in [3.8, 4) is 11.8 Å². The molecule has 0 saturated carbocycles. The normalized spacial score (nSPS) is 9.30. The maximum absolute atomic E-state index is 11.9. The van der Waals surface area contributed by atoms with Crippen molar-refractivity contribution in [2.75, 3.05) is 19.7 Å². The molecule has 1 aromatic carbocycles. The predicted molar refractivity (Wildman–Crippen MR) is 76.0 cm³/mol. The van der Waals surface area contributed by atoms with E-state index in [1.54, 1.807) is 24.3 Å². The first-order valence-electron chi connectivity index (χ1n) is 6.42. The van der Waals surface area contributed by atoms with Crippen LogP contribution in [0.2, 0.25) is 0 Å². The van der Waals surface area contributed by atoms with Crippen molar-refractivity contribution in [2.24, 2.45) is 0 Å². The standard InChI is InChI=1S/C15H18N2O3/c1-2-16-14(19)8-9-17-15(20)13-7-3-5-12(11-13)6-4-10-18/h3,5,7,11,18H,2,8-10H2,1H3,(H,16,19)(H,17,20). The van der Waals surface area contributed by atoms with E-state index in [-0.39, 0.29) is 31.4 Å². The fourth-order valence-corrected chi connectivity index (χ4v) is 1.56. The van der Waals surface area contributed by atoms with Gasteiger partial charge in [-0.3, -0.25) is 9.59 Å². The summed E-state index contributed by atoms with van der Waals surface area (Å²) in [6.45, 7) is 2.49. The van der Waals surface area contributed by atoms with E-state index in [4.69, 9.17) is 5.11 Å². The Hall–Kier alpha value is -2.32. The zero-order valence-corrected chi connectivity index (χ0v) is 11.4. The van der Waals surface area contributed by atoms with Crippen molar-refractivity contribution in [1.82, 2.24) is 10.6 Å². The molecule has 0 atom stereocenters. The Morgan fingerprint density at radius 2 is 2.10 bits per heavy atom. The number of aliphatic hydroxyl groups excluding tert-OH is 1. The lowest BCUT2D eigenvalue weighted by Gasteiger charge is -2.05. The number of carbonyl (C=O) groups is 2. The average Bonchev–Trinajstić information content (AvgIpc) is 2.45. The first kappa shape index (κ1) is 15.7. The summed E-state index contributed by atoms with van der Waals surface area (Å²) >= 11 is 0. The maximum Gasteiger partial charge on any atom is 0.251 e. The Bertz CT molecular complexity index is 529. The molecule has 2 amide bonds. The van der Waals surface area contributed by atoms with Crippen LogP contribution in [0.15, 0.2) is 24.3 Å². The van der Waals surface area contributed by atoms with Crippen LogP contribution in [0.5, 0.6) is 0 Å². The molecule has 0 aromatic heterocycles. The summed E-state index contributed by atoms with van der Waals surface area (Å²) < 4.78 is 0. The van der Waals surface area contributed by atoms with E-state index in [1.165, 1.54) is 0 Å². The smallest absolute Gasteiger partial charge is 0.251 e. The summed E-state index contributed by atoms with van der Waals surface area (Å²) in [6.07, 6.45) is 0.254. The van der Waals surface area contributed by atoms with Crippen LogP contribution in [-0.4, -0.2) is 36.6 Å². The predicted octanol–water partition coefficient (Wildman–Crippen LogP) is 0.286. The monoisotopic (exact) mass is 274 g/mol. The van der Waals surface area contributed by atoms with Gasteiger partial charge in [-0.05, 0) is 25.1 Å². The van der Waals surface area contributed by atoms with Gasteiger partial charge < -0.3 is 15.7 Å². The molecule has 0 fully saturated rings. The van der Waals surface area contributed by atoms with Gasteiger partial charge in [-0.25, -0.2) is 0 Å². The topological polar surface area (TPSA) is 78.4 Å². The second kappa shape index (κ2) is 8.73. The van der Waals surface area contributed by atoms with Crippen LogP contribution in [0, 0.1) is 11.8 Å². The Morgan fingerprint density at radius 1 is 1.30 bits per heavy atom. The fraction of sp³-hybridized carbons (Fsp3) is 0.333. The number of nitrogens with one attached hydrogen (secondary N) is 2. The molecule has 1 rings (SSSR count). The quantitative estimate of drug-likeness (QED) is 0.675. The Labute approximate surface area is 118 Å². The van der Waals surface area contributed by atoms with Gasteiger partial charge in [0.1, 0.15) is 6.61 Å². The summed E-state index contributed by atoms with van der Waals surface area (Å²) in [7, 11) is 0. The van der Waals surface area contributed by atoms with E-state index in [0.29, 0.717) is 17.7 Å². The summed E-state index contributed by atoms with van der Waals surface area (Å²) in [6, 6.07) is 6.80. The molecule has 20 heavy (non-hydrogen) atoms. The molecule has 3 N–H and O–H groups in total. The van der Waals surface area contributed by atoms with Crippen LogP contribution in [0.1, 0.15) is 29.3 Å². The molecule has 1 aromatic rings. The molecule has 0 unspecified atom stereocenters. The molecule has 0 radical (unpaired) electrons. The highest BCUT2D eigenvalue weighted by Crippen LogP contribution is 2.04. The van der Waals surface area contributed by atoms with Crippen molar-refractivity contribution < 1.29 is 14.7 Å². The summed E-state index contributed by atoms with van der Waals surface area (Å²) in [5.74, 6) is 4.92. The molecule has 0 saturated heterocycles. The highest BCUT2D eigenvalue weighted by Gasteiger charge is 2.06. The minimum atomic E-state index is -0.248. The van der Waals surface area contributed by atoms with Crippen molar-refractivity contribution in [3.05, 3.63) is 35.4 Å². The average molecular weight is 274 g/mol. The number of hydrogen-bond donors (Lipinski definition) is 3. The van der Waals surface area contributed by atoms with Gasteiger partial charge in [0.05, 0.1) is 0 Å². The van der Waals surface area contributed by atoms with Gasteiger partial charge in [-0.2, -0.15) is 0 Å². The summed E-state index contributed by atoms with van der Waals surface area (Å²) in [4.78, 5) is 23.1. The van der Waals surface area contributed by atoms with E-state index in [1.807, 2.05) is 6.92 Å². The molecule has 0 spiro atoms. The van der Waals surface area contributed by atoms with Gasteiger partial charge in [0.2, 0.25) is 5.91 Å². The van der Waals surface area contributed by atoms with Crippen LogP contribution in [0.3, 0.4) is 0 Å². The lowest BCUT2D eigenvalue weighted by atomic mass is 10.1. The zero-order valence-electron chi connectivity index (χ0n) is 11.4. The minimum Gasteiger partial charge on any atom is -0.384 e. The van der Waals surface area contributed by atoms with Crippen molar-refractivity contribution in [3.63, 3.8) is 0 Å². The van der Waals surface area contributed by atoms with Crippen molar-refractivity contribution >= 4 is 11.8 Å². The van der Waals surface area contributed by atoms with Crippen LogP contribution >= 0.6 is 0 Å². The van der Waals surface area contributed by atoms with Crippen LogP contribution in [-0.2, 0) is 4.79 Å². The van der Waals surface area contributed by atoms with E-state index < -0.39 is 0 Å². The molecule has 0 heterocycles. The molecule has 5 nitrogen and oxygen atoms in total. The lowest BCUT2D eigenvalue weighted by molar-refractivity contribution is -0.120. The van der Waals surface area contributed by atoms with Crippen LogP contribution in [0.4, 0.5) is 0 Å². The van der Waals surface area contributed by atoms with Crippen LogP contribution < -0.4 is 10.6 Å². The number of benzene rings is 1. The first-order chi connectivity index (χ1) is 9.67. The third-order valence-electron chi connectivity index (χ3n) is 2.45. The van der Waals surface area contributed by atoms with Gasteiger partial charge in [0.25, 0.3) is 5.91 Å². The second-order valence-corrected chi connectivity index (χ2v) is 4.00. The Morgan fingerprint density at radius 3 is 2.80 bits per heavy atom. The Kier molecular flexibility index (Phi) is 6.87. The fourth-order valence-electron chi connectivity index (χ4n) is 1.56. The zero-order chi connectivity index (χ0) is 14.8. The lowest BCUT2D eigenvalue weighted by Crippen LogP contribution is -2.30. The van der Waals surface area contributed by atoms with Crippen LogP contribution in [0.25, 0.3) is 0 Å². The van der Waals surface area contributed by atoms with E-state index in [9.17, 15) is 9.59 Å². The summed E-state index contributed by atoms with van der Waals surface area (Å²) in [5.41, 5.74) is 1.14. The Balaban J connectivity index is 2.53. The SMILES string of the molecule is CCNC(=O)CCNC(=O)c1cccc(C#CCO)c1.